The smallest absolute Gasteiger partial charge is 0.0121 e. The summed E-state index contributed by atoms with van der Waals surface area (Å²) in [5, 5.41) is 4.01. The fourth-order valence-electron chi connectivity index (χ4n) is 4.28. The second-order valence-electron chi connectivity index (χ2n) is 7.95. The number of rotatable bonds is 5. The zero-order chi connectivity index (χ0) is 14.6. The van der Waals surface area contributed by atoms with E-state index in [9.17, 15) is 0 Å². The van der Waals surface area contributed by atoms with E-state index in [4.69, 9.17) is 0 Å². The molecule has 0 aromatic carbocycles. The predicted molar refractivity (Wildman–Crippen MR) is 88.1 cm³/mol. The summed E-state index contributed by atoms with van der Waals surface area (Å²) in [7, 11) is 0. The molecule has 2 aliphatic rings. The maximum atomic E-state index is 4.01. The third-order valence-electron chi connectivity index (χ3n) is 5.76. The highest BCUT2D eigenvalue weighted by Crippen LogP contribution is 2.36. The number of nitrogens with zero attached hydrogens (tertiary/aromatic N) is 1. The van der Waals surface area contributed by atoms with Gasteiger partial charge in [0.05, 0.1) is 0 Å². The van der Waals surface area contributed by atoms with E-state index in [2.05, 4.69) is 37.9 Å². The summed E-state index contributed by atoms with van der Waals surface area (Å²) in [6.07, 6.45) is 9.72. The number of hydrogen-bond donors (Lipinski definition) is 1. The van der Waals surface area contributed by atoms with Crippen molar-refractivity contribution in [3.05, 3.63) is 0 Å². The standard InChI is InChI=1S/C18H36N2/c1-5-12-20-13-8-9-16(14-20)15(2)19-17-10-6-7-11-18(17,3)4/h15-17,19H,5-14H2,1-4H3. The van der Waals surface area contributed by atoms with Gasteiger partial charge in [-0.05, 0) is 63.5 Å². The second-order valence-corrected chi connectivity index (χ2v) is 7.95. The van der Waals surface area contributed by atoms with Crippen LogP contribution in [0.15, 0.2) is 0 Å². The first kappa shape index (κ1) is 16.3. The Balaban J connectivity index is 1.85. The van der Waals surface area contributed by atoms with Gasteiger partial charge in [0.15, 0.2) is 0 Å². The van der Waals surface area contributed by atoms with Gasteiger partial charge in [-0.25, -0.2) is 0 Å². The van der Waals surface area contributed by atoms with Crippen LogP contribution < -0.4 is 5.32 Å². The molecule has 3 atom stereocenters. The van der Waals surface area contributed by atoms with Crippen molar-refractivity contribution >= 4 is 0 Å². The van der Waals surface area contributed by atoms with Gasteiger partial charge >= 0.3 is 0 Å². The number of piperidine rings is 1. The molecular formula is C18H36N2. The van der Waals surface area contributed by atoms with E-state index < -0.39 is 0 Å². The Morgan fingerprint density at radius 1 is 1.20 bits per heavy atom. The second kappa shape index (κ2) is 7.26. The van der Waals surface area contributed by atoms with Crippen molar-refractivity contribution in [3.63, 3.8) is 0 Å². The molecule has 1 N–H and O–H groups in total. The molecule has 3 unspecified atom stereocenters. The SMILES string of the molecule is CCCN1CCCC(C(C)NC2CCCCC2(C)C)C1. The number of nitrogens with one attached hydrogen (secondary N) is 1. The van der Waals surface area contributed by atoms with Gasteiger partial charge in [-0.2, -0.15) is 0 Å². The average molecular weight is 280 g/mol. The van der Waals surface area contributed by atoms with Crippen LogP contribution in [0.3, 0.4) is 0 Å². The van der Waals surface area contributed by atoms with Gasteiger partial charge in [0.1, 0.15) is 0 Å². The Kier molecular flexibility index (Phi) is 5.92. The highest BCUT2D eigenvalue weighted by Gasteiger charge is 2.34. The molecule has 0 radical (unpaired) electrons. The first-order valence-corrected chi connectivity index (χ1v) is 9.01. The van der Waals surface area contributed by atoms with Crippen LogP contribution in [0, 0.1) is 11.3 Å². The summed E-state index contributed by atoms with van der Waals surface area (Å²) >= 11 is 0. The minimum Gasteiger partial charge on any atom is -0.311 e. The lowest BCUT2D eigenvalue weighted by Gasteiger charge is -2.43. The summed E-state index contributed by atoms with van der Waals surface area (Å²) in [6, 6.07) is 1.41. The molecule has 2 rings (SSSR count). The molecule has 118 valence electrons. The van der Waals surface area contributed by atoms with Gasteiger partial charge in [-0.15, -0.1) is 0 Å². The van der Waals surface area contributed by atoms with E-state index in [1.54, 1.807) is 0 Å². The van der Waals surface area contributed by atoms with Crippen molar-refractivity contribution in [3.8, 4) is 0 Å². The van der Waals surface area contributed by atoms with Crippen LogP contribution in [0.2, 0.25) is 0 Å². The Labute approximate surface area is 126 Å². The Morgan fingerprint density at radius 2 is 2.00 bits per heavy atom. The van der Waals surface area contributed by atoms with E-state index >= 15 is 0 Å². The number of likely N-dealkylation sites (tertiary alicyclic amines) is 1. The summed E-state index contributed by atoms with van der Waals surface area (Å²) in [5.41, 5.74) is 0.490. The molecule has 0 aromatic rings. The summed E-state index contributed by atoms with van der Waals surface area (Å²) in [6.45, 7) is 13.6. The fraction of sp³-hybridized carbons (Fsp3) is 1.00. The normalized spacial score (nSPS) is 33.0. The van der Waals surface area contributed by atoms with Crippen molar-refractivity contribution < 1.29 is 0 Å². The maximum Gasteiger partial charge on any atom is 0.0121 e. The zero-order valence-corrected chi connectivity index (χ0v) is 14.3. The molecule has 2 fully saturated rings. The summed E-state index contributed by atoms with van der Waals surface area (Å²) in [4.78, 5) is 2.68. The molecule has 1 aliphatic carbocycles. The van der Waals surface area contributed by atoms with Gasteiger partial charge in [0.25, 0.3) is 0 Å². The van der Waals surface area contributed by atoms with E-state index in [1.807, 2.05) is 0 Å². The predicted octanol–water partition coefficient (Wildman–Crippen LogP) is 4.06. The lowest BCUT2D eigenvalue weighted by atomic mass is 9.72. The first-order chi connectivity index (χ1) is 9.53. The monoisotopic (exact) mass is 280 g/mol. The van der Waals surface area contributed by atoms with E-state index in [0.29, 0.717) is 11.5 Å². The van der Waals surface area contributed by atoms with Crippen molar-refractivity contribution in [1.82, 2.24) is 10.2 Å². The Morgan fingerprint density at radius 3 is 2.70 bits per heavy atom. The molecule has 0 bridgehead atoms. The molecular weight excluding hydrogens is 244 g/mol. The highest BCUT2D eigenvalue weighted by molar-refractivity contribution is 4.91. The zero-order valence-electron chi connectivity index (χ0n) is 14.3. The Bertz CT molecular complexity index is 285. The highest BCUT2D eigenvalue weighted by atomic mass is 15.1. The molecule has 0 aromatic heterocycles. The molecule has 1 saturated heterocycles. The van der Waals surface area contributed by atoms with Crippen LogP contribution in [0.1, 0.15) is 72.6 Å². The van der Waals surface area contributed by atoms with Gasteiger partial charge in [-0.3, -0.25) is 0 Å². The lowest BCUT2D eigenvalue weighted by Crippen LogP contribution is -2.52. The van der Waals surface area contributed by atoms with E-state index in [0.717, 1.165) is 12.0 Å². The molecule has 1 aliphatic heterocycles. The summed E-state index contributed by atoms with van der Waals surface area (Å²) in [5.74, 6) is 0.855. The Hall–Kier alpha value is -0.0800. The van der Waals surface area contributed by atoms with E-state index in [-0.39, 0.29) is 0 Å². The van der Waals surface area contributed by atoms with Gasteiger partial charge in [0, 0.05) is 18.6 Å². The van der Waals surface area contributed by atoms with Crippen LogP contribution in [-0.2, 0) is 0 Å². The maximum absolute atomic E-state index is 4.01. The van der Waals surface area contributed by atoms with Crippen LogP contribution in [0.25, 0.3) is 0 Å². The minimum atomic E-state index is 0.490. The van der Waals surface area contributed by atoms with Crippen molar-refractivity contribution in [2.24, 2.45) is 11.3 Å². The lowest BCUT2D eigenvalue weighted by molar-refractivity contribution is 0.112. The molecule has 2 heteroatoms. The van der Waals surface area contributed by atoms with Crippen molar-refractivity contribution in [2.75, 3.05) is 19.6 Å². The third kappa shape index (κ3) is 4.21. The molecule has 1 heterocycles. The molecule has 2 nitrogen and oxygen atoms in total. The van der Waals surface area contributed by atoms with Gasteiger partial charge in [0.2, 0.25) is 0 Å². The average Bonchev–Trinajstić information content (AvgIpc) is 2.42. The van der Waals surface area contributed by atoms with Crippen LogP contribution in [0.5, 0.6) is 0 Å². The van der Waals surface area contributed by atoms with Crippen LogP contribution >= 0.6 is 0 Å². The number of hydrogen-bond acceptors (Lipinski definition) is 2. The van der Waals surface area contributed by atoms with Crippen molar-refractivity contribution in [2.45, 2.75) is 84.7 Å². The fourth-order valence-corrected chi connectivity index (χ4v) is 4.28. The van der Waals surface area contributed by atoms with Crippen LogP contribution in [0.4, 0.5) is 0 Å². The minimum absolute atomic E-state index is 0.490. The molecule has 0 amide bonds. The topological polar surface area (TPSA) is 15.3 Å². The third-order valence-corrected chi connectivity index (χ3v) is 5.76. The molecule has 1 saturated carbocycles. The molecule has 20 heavy (non-hydrogen) atoms. The van der Waals surface area contributed by atoms with Crippen LogP contribution in [-0.4, -0.2) is 36.6 Å². The van der Waals surface area contributed by atoms with Gasteiger partial charge in [-0.1, -0.05) is 33.6 Å². The quantitative estimate of drug-likeness (QED) is 0.817. The van der Waals surface area contributed by atoms with E-state index in [1.165, 1.54) is 64.6 Å². The van der Waals surface area contributed by atoms with Gasteiger partial charge < -0.3 is 10.2 Å². The summed E-state index contributed by atoms with van der Waals surface area (Å²) < 4.78 is 0. The largest absolute Gasteiger partial charge is 0.311 e. The molecule has 0 spiro atoms. The first-order valence-electron chi connectivity index (χ1n) is 9.01. The van der Waals surface area contributed by atoms with Crippen molar-refractivity contribution in [1.29, 1.82) is 0 Å².